The summed E-state index contributed by atoms with van der Waals surface area (Å²) in [6.45, 7) is 6.17. The molecule has 2 nitrogen and oxygen atoms in total. The van der Waals surface area contributed by atoms with Crippen LogP contribution < -0.4 is 10.2 Å². The van der Waals surface area contributed by atoms with Gasteiger partial charge < -0.3 is 10.2 Å². The minimum atomic E-state index is 0.920. The average molecular weight is 345 g/mol. The van der Waals surface area contributed by atoms with Crippen molar-refractivity contribution < 1.29 is 0 Å². The molecule has 3 rings (SSSR count). The van der Waals surface area contributed by atoms with Crippen molar-refractivity contribution in [3.63, 3.8) is 0 Å². The fourth-order valence-corrected chi connectivity index (χ4v) is 3.37. The molecular weight excluding hydrogens is 324 g/mol. The highest BCUT2D eigenvalue weighted by Gasteiger charge is 2.18. The highest BCUT2D eigenvalue weighted by Crippen LogP contribution is 2.29. The second-order valence-electron chi connectivity index (χ2n) is 5.49. The van der Waals surface area contributed by atoms with Gasteiger partial charge in [-0.15, -0.1) is 0 Å². The van der Waals surface area contributed by atoms with E-state index in [9.17, 15) is 0 Å². The molecule has 0 atom stereocenters. The van der Waals surface area contributed by atoms with Crippen LogP contribution in [0.2, 0.25) is 0 Å². The lowest BCUT2D eigenvalue weighted by molar-refractivity contribution is 0.700. The predicted octanol–water partition coefficient (Wildman–Crippen LogP) is 4.12. The molecule has 1 aliphatic rings. The number of hydrogen-bond acceptors (Lipinski definition) is 2. The maximum Gasteiger partial charge on any atom is 0.0432 e. The topological polar surface area (TPSA) is 15.3 Å². The van der Waals surface area contributed by atoms with Crippen LogP contribution in [0.5, 0.6) is 0 Å². The fourth-order valence-electron chi connectivity index (χ4n) is 2.97. The van der Waals surface area contributed by atoms with Gasteiger partial charge in [-0.25, -0.2) is 0 Å². The normalized spacial score (nSPS) is 14.1. The molecule has 2 aromatic rings. The van der Waals surface area contributed by atoms with Crippen molar-refractivity contribution in [2.75, 3.05) is 18.0 Å². The van der Waals surface area contributed by atoms with Crippen LogP contribution in [0.15, 0.2) is 46.9 Å². The van der Waals surface area contributed by atoms with Crippen LogP contribution in [0.3, 0.4) is 0 Å². The molecule has 3 heteroatoms. The van der Waals surface area contributed by atoms with Crippen LogP contribution in [0.4, 0.5) is 5.69 Å². The highest BCUT2D eigenvalue weighted by atomic mass is 79.9. The lowest BCUT2D eigenvalue weighted by atomic mass is 9.98. The number of rotatable bonds is 4. The zero-order valence-electron chi connectivity index (χ0n) is 12.4. The van der Waals surface area contributed by atoms with Crippen molar-refractivity contribution in [3.05, 3.63) is 63.6 Å². The number of hydrogen-bond donors (Lipinski definition) is 1. The molecule has 1 N–H and O–H groups in total. The molecule has 0 amide bonds. The van der Waals surface area contributed by atoms with E-state index in [0.29, 0.717) is 0 Å². The minimum absolute atomic E-state index is 0.920. The van der Waals surface area contributed by atoms with E-state index in [2.05, 4.69) is 75.5 Å². The van der Waals surface area contributed by atoms with E-state index >= 15 is 0 Å². The maximum absolute atomic E-state index is 3.59. The summed E-state index contributed by atoms with van der Waals surface area (Å²) in [6, 6.07) is 15.4. The molecule has 1 aliphatic heterocycles. The summed E-state index contributed by atoms with van der Waals surface area (Å²) in [4.78, 5) is 2.50. The first-order valence-electron chi connectivity index (χ1n) is 7.59. The molecule has 0 aliphatic carbocycles. The Labute approximate surface area is 135 Å². The average Bonchev–Trinajstić information content (AvgIpc) is 2.52. The van der Waals surface area contributed by atoms with Gasteiger partial charge in [-0.05, 0) is 47.9 Å². The van der Waals surface area contributed by atoms with Gasteiger partial charge in [-0.1, -0.05) is 47.1 Å². The van der Waals surface area contributed by atoms with Gasteiger partial charge in [-0.2, -0.15) is 0 Å². The van der Waals surface area contributed by atoms with Crippen LogP contribution in [-0.4, -0.2) is 13.1 Å². The van der Waals surface area contributed by atoms with E-state index in [1.165, 1.54) is 22.4 Å². The number of halogens is 1. The molecule has 0 saturated heterocycles. The monoisotopic (exact) mass is 344 g/mol. The van der Waals surface area contributed by atoms with Crippen molar-refractivity contribution in [2.24, 2.45) is 0 Å². The van der Waals surface area contributed by atoms with Gasteiger partial charge in [0.05, 0.1) is 0 Å². The second-order valence-corrected chi connectivity index (χ2v) is 6.41. The van der Waals surface area contributed by atoms with E-state index < -0.39 is 0 Å². The summed E-state index contributed by atoms with van der Waals surface area (Å²) in [5.41, 5.74) is 5.68. The summed E-state index contributed by atoms with van der Waals surface area (Å²) in [5.74, 6) is 0. The lowest BCUT2D eigenvalue weighted by Gasteiger charge is -2.32. The van der Waals surface area contributed by atoms with Gasteiger partial charge >= 0.3 is 0 Å². The highest BCUT2D eigenvalue weighted by molar-refractivity contribution is 9.10. The van der Waals surface area contributed by atoms with E-state index in [4.69, 9.17) is 0 Å². The molecule has 0 saturated carbocycles. The maximum atomic E-state index is 3.59. The van der Waals surface area contributed by atoms with Crippen LogP contribution in [-0.2, 0) is 19.5 Å². The van der Waals surface area contributed by atoms with E-state index in [0.717, 1.165) is 37.1 Å². The molecule has 0 bridgehead atoms. The third-order valence-electron chi connectivity index (χ3n) is 4.08. The summed E-state index contributed by atoms with van der Waals surface area (Å²) >= 11 is 3.59. The number of nitrogens with one attached hydrogen (secondary N) is 1. The van der Waals surface area contributed by atoms with Crippen LogP contribution in [0, 0.1) is 0 Å². The van der Waals surface area contributed by atoms with Crippen molar-refractivity contribution >= 4 is 21.6 Å². The number of benzene rings is 2. The molecule has 21 heavy (non-hydrogen) atoms. The summed E-state index contributed by atoms with van der Waals surface area (Å²) < 4.78 is 1.15. The molecule has 0 radical (unpaired) electrons. The largest absolute Gasteiger partial charge is 0.367 e. The lowest BCUT2D eigenvalue weighted by Crippen LogP contribution is -2.31. The molecule has 110 valence electrons. The Morgan fingerprint density at radius 1 is 1.14 bits per heavy atom. The van der Waals surface area contributed by atoms with E-state index in [1.54, 1.807) is 0 Å². The number of anilines is 1. The summed E-state index contributed by atoms with van der Waals surface area (Å²) in [5, 5.41) is 3.44. The third-order valence-corrected chi connectivity index (χ3v) is 4.57. The van der Waals surface area contributed by atoms with Gasteiger partial charge in [0.25, 0.3) is 0 Å². The molecule has 2 aromatic carbocycles. The van der Waals surface area contributed by atoms with E-state index in [-0.39, 0.29) is 0 Å². The Kier molecular flexibility index (Phi) is 4.61. The molecular formula is C18H21BrN2. The predicted molar refractivity (Wildman–Crippen MR) is 92.7 cm³/mol. The summed E-state index contributed by atoms with van der Waals surface area (Å²) in [6.07, 6.45) is 1.13. The van der Waals surface area contributed by atoms with Gasteiger partial charge in [0.1, 0.15) is 0 Å². The third kappa shape index (κ3) is 3.30. The summed E-state index contributed by atoms with van der Waals surface area (Å²) in [7, 11) is 0. The zero-order valence-corrected chi connectivity index (χ0v) is 14.0. The zero-order chi connectivity index (χ0) is 14.7. The van der Waals surface area contributed by atoms with Crippen LogP contribution in [0.25, 0.3) is 0 Å². The standard InChI is InChI=1S/C18H21BrN2/c1-2-20-12-16-11-17(19)7-8-18(16)21-10-9-14-5-3-4-6-15(14)13-21/h3-8,11,20H,2,9-10,12-13H2,1H3. The molecule has 0 aromatic heterocycles. The van der Waals surface area contributed by atoms with Crippen LogP contribution >= 0.6 is 15.9 Å². The molecule has 0 unspecified atom stereocenters. The van der Waals surface area contributed by atoms with Crippen molar-refractivity contribution in [2.45, 2.75) is 26.4 Å². The SMILES string of the molecule is CCNCc1cc(Br)ccc1N1CCc2ccccc2C1. The Balaban J connectivity index is 1.87. The van der Waals surface area contributed by atoms with Gasteiger partial charge in [0.15, 0.2) is 0 Å². The second kappa shape index (κ2) is 6.63. The Hall–Kier alpha value is -1.32. The van der Waals surface area contributed by atoms with Gasteiger partial charge in [0.2, 0.25) is 0 Å². The fraction of sp³-hybridized carbons (Fsp3) is 0.333. The first-order chi connectivity index (χ1) is 10.3. The minimum Gasteiger partial charge on any atom is -0.367 e. The molecule has 1 heterocycles. The first kappa shape index (κ1) is 14.6. The quantitative estimate of drug-likeness (QED) is 0.897. The van der Waals surface area contributed by atoms with Crippen molar-refractivity contribution in [3.8, 4) is 0 Å². The van der Waals surface area contributed by atoms with Gasteiger partial charge in [0, 0.05) is 29.8 Å². The Morgan fingerprint density at radius 3 is 2.76 bits per heavy atom. The first-order valence-corrected chi connectivity index (χ1v) is 8.38. The van der Waals surface area contributed by atoms with E-state index in [1.807, 2.05) is 0 Å². The van der Waals surface area contributed by atoms with Crippen molar-refractivity contribution in [1.29, 1.82) is 0 Å². The molecule has 0 fully saturated rings. The molecule has 0 spiro atoms. The van der Waals surface area contributed by atoms with Crippen molar-refractivity contribution in [1.82, 2.24) is 5.32 Å². The number of nitrogens with zero attached hydrogens (tertiary/aromatic N) is 1. The number of fused-ring (bicyclic) bond motifs is 1. The van der Waals surface area contributed by atoms with Crippen LogP contribution in [0.1, 0.15) is 23.6 Å². The van der Waals surface area contributed by atoms with Gasteiger partial charge in [-0.3, -0.25) is 0 Å². The smallest absolute Gasteiger partial charge is 0.0432 e. The Morgan fingerprint density at radius 2 is 1.95 bits per heavy atom. The Bertz CT molecular complexity index is 624.